The van der Waals surface area contributed by atoms with Crippen LogP contribution in [-0.2, 0) is 6.42 Å². The number of aromatic nitrogens is 4. The minimum absolute atomic E-state index is 0.0987. The SMILES string of the molecule is CCCCCCCCCc1cc(=O)[nH]c2ncnn12. The molecule has 0 atom stereocenters. The minimum atomic E-state index is -0.0987. The van der Waals surface area contributed by atoms with Gasteiger partial charge < -0.3 is 0 Å². The fourth-order valence-electron chi connectivity index (χ4n) is 2.34. The molecule has 0 radical (unpaired) electrons. The first-order valence-electron chi connectivity index (χ1n) is 7.23. The lowest BCUT2D eigenvalue weighted by molar-refractivity contribution is 0.584. The smallest absolute Gasteiger partial charge is 0.252 e. The molecule has 0 saturated heterocycles. The molecule has 2 aromatic rings. The fourth-order valence-corrected chi connectivity index (χ4v) is 2.34. The van der Waals surface area contributed by atoms with E-state index in [0.717, 1.165) is 18.5 Å². The quantitative estimate of drug-likeness (QED) is 0.744. The molecule has 2 rings (SSSR count). The third kappa shape index (κ3) is 3.91. The van der Waals surface area contributed by atoms with Gasteiger partial charge >= 0.3 is 0 Å². The van der Waals surface area contributed by atoms with Gasteiger partial charge in [0.1, 0.15) is 6.33 Å². The summed E-state index contributed by atoms with van der Waals surface area (Å²) in [4.78, 5) is 18.2. The van der Waals surface area contributed by atoms with E-state index in [-0.39, 0.29) is 5.56 Å². The van der Waals surface area contributed by atoms with Crippen LogP contribution in [0.5, 0.6) is 0 Å². The number of unbranched alkanes of at least 4 members (excludes halogenated alkanes) is 6. The van der Waals surface area contributed by atoms with Crippen LogP contribution in [0.1, 0.15) is 57.6 Å². The Morgan fingerprint density at radius 3 is 2.68 bits per heavy atom. The highest BCUT2D eigenvalue weighted by molar-refractivity contribution is 5.26. The molecule has 0 aliphatic heterocycles. The zero-order valence-corrected chi connectivity index (χ0v) is 11.6. The summed E-state index contributed by atoms with van der Waals surface area (Å²) in [5, 5.41) is 4.13. The molecule has 0 bridgehead atoms. The topological polar surface area (TPSA) is 63.0 Å². The summed E-state index contributed by atoms with van der Waals surface area (Å²) >= 11 is 0. The fraction of sp³-hybridized carbons (Fsp3) is 0.643. The number of aryl methyl sites for hydroxylation is 1. The maximum Gasteiger partial charge on any atom is 0.252 e. The molecule has 0 aliphatic rings. The van der Waals surface area contributed by atoms with E-state index in [2.05, 4.69) is 22.0 Å². The van der Waals surface area contributed by atoms with Crippen molar-refractivity contribution in [3.63, 3.8) is 0 Å². The number of rotatable bonds is 8. The first kappa shape index (κ1) is 13.8. The summed E-state index contributed by atoms with van der Waals surface area (Å²) in [5.41, 5.74) is 0.850. The molecular formula is C14H22N4O. The van der Waals surface area contributed by atoms with E-state index in [4.69, 9.17) is 0 Å². The highest BCUT2D eigenvalue weighted by Crippen LogP contribution is 2.09. The summed E-state index contributed by atoms with van der Waals surface area (Å²) in [5.74, 6) is 0.533. The van der Waals surface area contributed by atoms with Crippen LogP contribution >= 0.6 is 0 Å². The van der Waals surface area contributed by atoms with E-state index in [0.29, 0.717) is 5.78 Å². The molecule has 0 aliphatic carbocycles. The van der Waals surface area contributed by atoms with Gasteiger partial charge in [0.05, 0.1) is 5.69 Å². The first-order chi connectivity index (χ1) is 9.31. The lowest BCUT2D eigenvalue weighted by Crippen LogP contribution is -2.12. The zero-order chi connectivity index (χ0) is 13.5. The number of nitrogens with one attached hydrogen (secondary N) is 1. The molecule has 0 aromatic carbocycles. The molecule has 2 heterocycles. The van der Waals surface area contributed by atoms with Crippen LogP contribution in [0, 0.1) is 0 Å². The number of H-pyrrole nitrogens is 1. The Balaban J connectivity index is 1.81. The molecule has 5 nitrogen and oxygen atoms in total. The molecule has 2 aromatic heterocycles. The lowest BCUT2D eigenvalue weighted by atomic mass is 10.1. The first-order valence-corrected chi connectivity index (χ1v) is 7.23. The number of aromatic amines is 1. The Morgan fingerprint density at radius 1 is 1.16 bits per heavy atom. The Kier molecular flexibility index (Phi) is 5.12. The van der Waals surface area contributed by atoms with Crippen molar-refractivity contribution >= 4 is 5.78 Å². The molecule has 0 spiro atoms. The van der Waals surface area contributed by atoms with Crippen molar-refractivity contribution in [3.8, 4) is 0 Å². The Morgan fingerprint density at radius 2 is 1.89 bits per heavy atom. The largest absolute Gasteiger partial charge is 0.291 e. The van der Waals surface area contributed by atoms with Crippen LogP contribution in [-0.4, -0.2) is 19.6 Å². The highest BCUT2D eigenvalue weighted by Gasteiger charge is 2.04. The molecule has 0 fully saturated rings. The van der Waals surface area contributed by atoms with Crippen LogP contribution in [0.3, 0.4) is 0 Å². The van der Waals surface area contributed by atoms with Crippen molar-refractivity contribution in [2.75, 3.05) is 0 Å². The summed E-state index contributed by atoms with van der Waals surface area (Å²) < 4.78 is 1.72. The monoisotopic (exact) mass is 262 g/mol. The lowest BCUT2D eigenvalue weighted by Gasteiger charge is -2.03. The van der Waals surface area contributed by atoms with Crippen molar-refractivity contribution < 1.29 is 0 Å². The molecule has 1 N–H and O–H groups in total. The van der Waals surface area contributed by atoms with Crippen LogP contribution < -0.4 is 5.56 Å². The van der Waals surface area contributed by atoms with E-state index in [1.165, 1.54) is 44.9 Å². The standard InChI is InChI=1S/C14H22N4O/c1-2-3-4-5-6-7-8-9-12-10-13(19)17-14-15-11-16-18(12)14/h10-11H,2-9H2,1H3,(H,15,16,17,19). The molecule has 19 heavy (non-hydrogen) atoms. The second-order valence-electron chi connectivity index (χ2n) is 4.99. The molecule has 0 unspecified atom stereocenters. The maximum absolute atomic E-state index is 11.5. The Hall–Kier alpha value is -1.65. The summed E-state index contributed by atoms with van der Waals surface area (Å²) in [6, 6.07) is 1.62. The number of hydrogen-bond donors (Lipinski definition) is 1. The van der Waals surface area contributed by atoms with E-state index in [1.807, 2.05) is 0 Å². The van der Waals surface area contributed by atoms with Gasteiger partial charge in [-0.3, -0.25) is 9.78 Å². The van der Waals surface area contributed by atoms with Crippen LogP contribution in [0.2, 0.25) is 0 Å². The van der Waals surface area contributed by atoms with Gasteiger partial charge in [-0.1, -0.05) is 45.4 Å². The average molecular weight is 262 g/mol. The highest BCUT2D eigenvalue weighted by atomic mass is 16.1. The summed E-state index contributed by atoms with van der Waals surface area (Å²) in [7, 11) is 0. The summed E-state index contributed by atoms with van der Waals surface area (Å²) in [6.07, 6.45) is 11.2. The van der Waals surface area contributed by atoms with Crippen LogP contribution in [0.4, 0.5) is 0 Å². The van der Waals surface area contributed by atoms with E-state index >= 15 is 0 Å². The molecule has 104 valence electrons. The predicted molar refractivity (Wildman–Crippen MR) is 75.3 cm³/mol. The van der Waals surface area contributed by atoms with E-state index < -0.39 is 0 Å². The third-order valence-electron chi connectivity index (χ3n) is 3.39. The van der Waals surface area contributed by atoms with Crippen LogP contribution in [0.15, 0.2) is 17.2 Å². The Labute approximate surface area is 113 Å². The Bertz CT molecular complexity index is 558. The average Bonchev–Trinajstić information content (AvgIpc) is 2.85. The summed E-state index contributed by atoms with van der Waals surface area (Å²) in [6.45, 7) is 2.23. The molecule has 0 saturated carbocycles. The van der Waals surface area contributed by atoms with Crippen LogP contribution in [0.25, 0.3) is 5.78 Å². The van der Waals surface area contributed by atoms with Crippen molar-refractivity contribution in [1.29, 1.82) is 0 Å². The second-order valence-corrected chi connectivity index (χ2v) is 4.99. The number of fused-ring (bicyclic) bond motifs is 1. The van der Waals surface area contributed by atoms with Crippen molar-refractivity contribution in [2.45, 2.75) is 58.3 Å². The van der Waals surface area contributed by atoms with Gasteiger partial charge in [0.25, 0.3) is 5.56 Å². The van der Waals surface area contributed by atoms with E-state index in [9.17, 15) is 4.79 Å². The van der Waals surface area contributed by atoms with Gasteiger partial charge in [-0.25, -0.2) is 4.52 Å². The van der Waals surface area contributed by atoms with Gasteiger partial charge in [0.15, 0.2) is 0 Å². The second kappa shape index (κ2) is 7.07. The van der Waals surface area contributed by atoms with Gasteiger partial charge in [0, 0.05) is 6.07 Å². The minimum Gasteiger partial charge on any atom is -0.291 e. The van der Waals surface area contributed by atoms with Gasteiger partial charge in [-0.15, -0.1) is 0 Å². The van der Waals surface area contributed by atoms with Crippen molar-refractivity contribution in [3.05, 3.63) is 28.4 Å². The maximum atomic E-state index is 11.5. The molecule has 5 heteroatoms. The van der Waals surface area contributed by atoms with Gasteiger partial charge in [-0.2, -0.15) is 10.1 Å². The predicted octanol–water partition coefficient (Wildman–Crippen LogP) is 2.71. The van der Waals surface area contributed by atoms with Gasteiger partial charge in [-0.05, 0) is 12.8 Å². The van der Waals surface area contributed by atoms with Crippen molar-refractivity contribution in [1.82, 2.24) is 19.6 Å². The van der Waals surface area contributed by atoms with Crippen molar-refractivity contribution in [2.24, 2.45) is 0 Å². The molecular weight excluding hydrogens is 240 g/mol. The number of nitrogens with zero attached hydrogens (tertiary/aromatic N) is 3. The van der Waals surface area contributed by atoms with Gasteiger partial charge in [0.2, 0.25) is 5.78 Å². The normalized spacial score (nSPS) is 11.2. The zero-order valence-electron chi connectivity index (χ0n) is 11.6. The number of hydrogen-bond acceptors (Lipinski definition) is 3. The third-order valence-corrected chi connectivity index (χ3v) is 3.39. The van der Waals surface area contributed by atoms with E-state index in [1.54, 1.807) is 10.6 Å². The molecule has 0 amide bonds.